The Morgan fingerprint density at radius 1 is 0.575 bits per heavy atom. The fourth-order valence-corrected chi connectivity index (χ4v) is 2.52. The van der Waals surface area contributed by atoms with Gasteiger partial charge in [0.1, 0.15) is 13.2 Å². The Balaban J connectivity index is 1.89. The number of amides is 1. The second-order valence-electron chi connectivity index (χ2n) is 7.42. The van der Waals surface area contributed by atoms with Crippen LogP contribution in [0.1, 0.15) is 6.42 Å². The lowest BCUT2D eigenvalue weighted by Crippen LogP contribution is -2.31. The van der Waals surface area contributed by atoms with E-state index >= 15 is 0 Å². The number of benzene rings is 1. The molecule has 12 nitrogen and oxygen atoms in total. The van der Waals surface area contributed by atoms with Crippen LogP contribution in [0.25, 0.3) is 0 Å². The van der Waals surface area contributed by atoms with Crippen LogP contribution in [-0.4, -0.2) is 109 Å². The number of carboxylic acids is 1. The molecule has 2 N–H and O–H groups in total. The average molecular weight is 591 g/mol. The molecule has 1 rings (SSSR count). The molecule has 0 atom stereocenters. The van der Waals surface area contributed by atoms with Crippen LogP contribution in [0.2, 0.25) is 0 Å². The molecule has 0 aliphatic carbocycles. The molecule has 0 aliphatic rings. The molecule has 0 bridgehead atoms. The highest BCUT2D eigenvalue weighted by Crippen LogP contribution is 2.29. The first kappa shape index (κ1) is 35.1. The van der Waals surface area contributed by atoms with Gasteiger partial charge in [-0.3, -0.25) is 9.59 Å². The van der Waals surface area contributed by atoms with Crippen molar-refractivity contribution in [2.24, 2.45) is 0 Å². The lowest BCUT2D eigenvalue weighted by atomic mass is 10.2. The molecular weight excluding hydrogens is 561 g/mol. The van der Waals surface area contributed by atoms with E-state index < -0.39 is 65.7 Å². The van der Waals surface area contributed by atoms with Crippen molar-refractivity contribution in [2.45, 2.75) is 6.42 Å². The summed E-state index contributed by atoms with van der Waals surface area (Å²) >= 11 is 0. The third kappa shape index (κ3) is 15.0. The molecule has 1 aromatic rings. The summed E-state index contributed by atoms with van der Waals surface area (Å²) in [5.74, 6) is -15.8. The van der Waals surface area contributed by atoms with Gasteiger partial charge in [-0.2, -0.15) is 8.78 Å². The number of hydrogen-bond donors (Lipinski definition) is 2. The SMILES string of the molecule is O=C(O)COCC(=O)NCCOCCOCCOCCOCCOCCC(=O)Oc1c(F)c(F)c(F)c(F)c1F. The highest BCUT2D eigenvalue weighted by molar-refractivity contribution is 5.77. The van der Waals surface area contributed by atoms with E-state index in [1.165, 1.54) is 0 Å². The second kappa shape index (κ2) is 20.9. The highest BCUT2D eigenvalue weighted by Gasteiger charge is 2.28. The minimum atomic E-state index is -2.36. The molecular formula is C23H30F5NO11. The molecule has 1 aromatic carbocycles. The predicted molar refractivity (Wildman–Crippen MR) is 122 cm³/mol. The standard InChI is InChI=1S/C23H30F5NO11/c24-18-19(25)21(27)23(22(28)20(18)26)40-17(33)1-3-34-5-7-36-9-11-38-12-10-37-8-6-35-4-2-29-15(30)13-39-14-16(31)32/h1-14H2,(H,29,30)(H,31,32). The van der Waals surface area contributed by atoms with E-state index in [0.717, 1.165) is 0 Å². The van der Waals surface area contributed by atoms with Crippen LogP contribution in [0.5, 0.6) is 5.75 Å². The lowest BCUT2D eigenvalue weighted by molar-refractivity contribution is -0.143. The quantitative estimate of drug-likeness (QED) is 0.0469. The zero-order chi connectivity index (χ0) is 29.8. The summed E-state index contributed by atoms with van der Waals surface area (Å²) < 4.78 is 101. The Labute approximate surface area is 225 Å². The smallest absolute Gasteiger partial charge is 0.329 e. The summed E-state index contributed by atoms with van der Waals surface area (Å²) in [5.41, 5.74) is 0. The van der Waals surface area contributed by atoms with Crippen LogP contribution in [0.4, 0.5) is 22.0 Å². The summed E-state index contributed by atoms with van der Waals surface area (Å²) in [5, 5.41) is 10.9. The van der Waals surface area contributed by atoms with Crippen molar-refractivity contribution in [3.05, 3.63) is 29.1 Å². The monoisotopic (exact) mass is 591 g/mol. The van der Waals surface area contributed by atoms with E-state index in [-0.39, 0.29) is 52.8 Å². The minimum absolute atomic E-state index is 0.0566. The molecule has 1 amide bonds. The summed E-state index contributed by atoms with van der Waals surface area (Å²) in [6, 6.07) is 0. The zero-order valence-corrected chi connectivity index (χ0v) is 21.3. The molecule has 0 saturated heterocycles. The van der Waals surface area contributed by atoms with E-state index in [4.69, 9.17) is 28.8 Å². The molecule has 0 radical (unpaired) electrons. The topological polar surface area (TPSA) is 148 Å². The van der Waals surface area contributed by atoms with Crippen molar-refractivity contribution in [2.75, 3.05) is 85.8 Å². The minimum Gasteiger partial charge on any atom is -0.480 e. The number of ether oxygens (including phenoxy) is 7. The number of esters is 1. The van der Waals surface area contributed by atoms with Gasteiger partial charge in [0, 0.05) is 6.54 Å². The van der Waals surface area contributed by atoms with Crippen LogP contribution in [0.15, 0.2) is 0 Å². The molecule has 17 heteroatoms. The van der Waals surface area contributed by atoms with Crippen LogP contribution in [-0.2, 0) is 42.8 Å². The van der Waals surface area contributed by atoms with Gasteiger partial charge in [-0.15, -0.1) is 0 Å². The predicted octanol–water partition coefficient (Wildman–Crippen LogP) is 0.978. The molecule has 0 fully saturated rings. The van der Waals surface area contributed by atoms with Crippen molar-refractivity contribution in [1.29, 1.82) is 0 Å². The van der Waals surface area contributed by atoms with E-state index in [9.17, 15) is 36.3 Å². The van der Waals surface area contributed by atoms with E-state index in [1.807, 2.05) is 0 Å². The number of carbonyl (C=O) groups is 3. The van der Waals surface area contributed by atoms with Gasteiger partial charge < -0.3 is 43.6 Å². The Kier molecular flexibility index (Phi) is 18.3. The fourth-order valence-electron chi connectivity index (χ4n) is 2.52. The first-order valence-corrected chi connectivity index (χ1v) is 11.8. The first-order chi connectivity index (χ1) is 19.1. The molecule has 40 heavy (non-hydrogen) atoms. The fraction of sp³-hybridized carbons (Fsp3) is 0.609. The van der Waals surface area contributed by atoms with Crippen molar-refractivity contribution < 1.29 is 74.6 Å². The molecule has 0 saturated carbocycles. The lowest BCUT2D eigenvalue weighted by Gasteiger charge is -2.09. The molecule has 0 unspecified atom stereocenters. The summed E-state index contributed by atoms with van der Waals surface area (Å²) in [4.78, 5) is 33.1. The Hall–Kier alpha value is -2.96. The number of carboxylic acid groups (broad SMARTS) is 1. The average Bonchev–Trinajstić information content (AvgIpc) is 2.92. The maximum atomic E-state index is 13.5. The number of rotatable bonds is 23. The van der Waals surface area contributed by atoms with E-state index in [2.05, 4.69) is 14.8 Å². The largest absolute Gasteiger partial charge is 0.480 e. The van der Waals surface area contributed by atoms with Gasteiger partial charge in [0.05, 0.1) is 72.5 Å². The van der Waals surface area contributed by atoms with Gasteiger partial charge in [-0.1, -0.05) is 0 Å². The van der Waals surface area contributed by atoms with E-state index in [1.54, 1.807) is 0 Å². The Bertz CT molecular complexity index is 910. The van der Waals surface area contributed by atoms with Gasteiger partial charge in [0.25, 0.3) is 0 Å². The van der Waals surface area contributed by atoms with Crippen LogP contribution in [0, 0.1) is 29.1 Å². The molecule has 228 valence electrons. The van der Waals surface area contributed by atoms with Gasteiger partial charge >= 0.3 is 11.9 Å². The van der Waals surface area contributed by atoms with Gasteiger partial charge in [0.2, 0.25) is 40.7 Å². The number of nitrogens with one attached hydrogen (secondary N) is 1. The van der Waals surface area contributed by atoms with Gasteiger partial charge in [0.15, 0.2) is 0 Å². The maximum absolute atomic E-state index is 13.5. The number of carbonyl (C=O) groups excluding carboxylic acids is 2. The van der Waals surface area contributed by atoms with E-state index in [0.29, 0.717) is 26.4 Å². The Morgan fingerprint density at radius 3 is 1.48 bits per heavy atom. The number of aliphatic carboxylic acids is 1. The summed E-state index contributed by atoms with van der Waals surface area (Å²) in [6.45, 7) is 1.26. The third-order valence-corrected chi connectivity index (χ3v) is 4.35. The van der Waals surface area contributed by atoms with Crippen molar-refractivity contribution in [3.8, 4) is 5.75 Å². The van der Waals surface area contributed by atoms with Gasteiger partial charge in [-0.05, 0) is 0 Å². The van der Waals surface area contributed by atoms with Crippen molar-refractivity contribution in [3.63, 3.8) is 0 Å². The van der Waals surface area contributed by atoms with Crippen LogP contribution < -0.4 is 10.1 Å². The normalized spacial score (nSPS) is 11.0. The van der Waals surface area contributed by atoms with Gasteiger partial charge in [-0.25, -0.2) is 18.0 Å². The molecule has 0 spiro atoms. The second-order valence-corrected chi connectivity index (χ2v) is 7.42. The number of halogens is 5. The molecule has 0 aliphatic heterocycles. The molecule has 0 heterocycles. The summed E-state index contributed by atoms with van der Waals surface area (Å²) in [7, 11) is 0. The molecule has 0 aromatic heterocycles. The number of hydrogen-bond acceptors (Lipinski definition) is 10. The van der Waals surface area contributed by atoms with Crippen LogP contribution in [0.3, 0.4) is 0 Å². The van der Waals surface area contributed by atoms with Crippen molar-refractivity contribution >= 4 is 17.8 Å². The third-order valence-electron chi connectivity index (χ3n) is 4.35. The van der Waals surface area contributed by atoms with Crippen molar-refractivity contribution in [1.82, 2.24) is 5.32 Å². The Morgan fingerprint density at radius 2 is 1.00 bits per heavy atom. The van der Waals surface area contributed by atoms with Crippen LogP contribution >= 0.6 is 0 Å². The zero-order valence-electron chi connectivity index (χ0n) is 21.3. The highest BCUT2D eigenvalue weighted by atomic mass is 19.2. The summed E-state index contributed by atoms with van der Waals surface area (Å²) in [6.07, 6.45) is -0.504. The first-order valence-electron chi connectivity index (χ1n) is 11.8. The maximum Gasteiger partial charge on any atom is 0.329 e.